The Bertz CT molecular complexity index is 828. The first-order chi connectivity index (χ1) is 11.2. The zero-order valence-corrected chi connectivity index (χ0v) is 12.7. The van der Waals surface area contributed by atoms with E-state index < -0.39 is 0 Å². The second-order valence-electron chi connectivity index (χ2n) is 5.94. The molecule has 8 nitrogen and oxygen atoms in total. The fourth-order valence-corrected chi connectivity index (χ4v) is 3.29. The smallest absolute Gasteiger partial charge is 0.148 e. The van der Waals surface area contributed by atoms with Gasteiger partial charge in [-0.05, 0) is 6.42 Å². The number of H-pyrrole nitrogens is 1. The maximum Gasteiger partial charge on any atom is 0.148 e. The molecule has 4 heterocycles. The first kappa shape index (κ1) is 14.2. The highest BCUT2D eigenvalue weighted by Crippen LogP contribution is 2.40. The molecule has 120 valence electrons. The molecule has 0 amide bonds. The first-order valence-electron chi connectivity index (χ1n) is 7.55. The molecule has 4 N–H and O–H groups in total. The maximum absolute atomic E-state index is 9.37. The number of fused-ring (bicyclic) bond motifs is 1. The van der Waals surface area contributed by atoms with Gasteiger partial charge >= 0.3 is 0 Å². The summed E-state index contributed by atoms with van der Waals surface area (Å²) in [7, 11) is 0. The summed E-state index contributed by atoms with van der Waals surface area (Å²) in [5, 5.41) is 17.0. The van der Waals surface area contributed by atoms with Gasteiger partial charge in [-0.15, -0.1) is 0 Å². The lowest BCUT2D eigenvalue weighted by molar-refractivity contribution is -0.0291. The van der Waals surface area contributed by atoms with Gasteiger partial charge in [-0.2, -0.15) is 5.10 Å². The molecular weight excluding hydrogens is 296 g/mol. The van der Waals surface area contributed by atoms with Crippen LogP contribution in [0.25, 0.3) is 22.2 Å². The van der Waals surface area contributed by atoms with Crippen molar-refractivity contribution in [3.63, 3.8) is 0 Å². The zero-order valence-electron chi connectivity index (χ0n) is 12.7. The number of aliphatic hydroxyl groups is 1. The molecular formula is C15H18N6O2. The van der Waals surface area contributed by atoms with E-state index in [1.54, 1.807) is 12.4 Å². The minimum Gasteiger partial charge on any atom is -0.394 e. The molecule has 1 fully saturated rings. The summed E-state index contributed by atoms with van der Waals surface area (Å²) in [5.74, 6) is 0.686. The highest BCUT2D eigenvalue weighted by atomic mass is 16.5. The summed E-state index contributed by atoms with van der Waals surface area (Å²) in [4.78, 5) is 8.51. The molecule has 0 bridgehead atoms. The van der Waals surface area contributed by atoms with Gasteiger partial charge in [-0.25, -0.2) is 9.97 Å². The average molecular weight is 314 g/mol. The molecule has 0 spiro atoms. The van der Waals surface area contributed by atoms with Crippen LogP contribution in [0.5, 0.6) is 0 Å². The molecule has 3 aromatic rings. The lowest BCUT2D eigenvalue weighted by atomic mass is 10.1. The minimum absolute atomic E-state index is 0.0196. The average Bonchev–Trinajstić information content (AvgIpc) is 3.25. The molecule has 1 aliphatic rings. The van der Waals surface area contributed by atoms with Crippen molar-refractivity contribution >= 4 is 16.9 Å². The van der Waals surface area contributed by atoms with Crippen molar-refractivity contribution in [1.29, 1.82) is 0 Å². The van der Waals surface area contributed by atoms with E-state index in [0.29, 0.717) is 5.82 Å². The van der Waals surface area contributed by atoms with Crippen molar-refractivity contribution < 1.29 is 9.84 Å². The maximum atomic E-state index is 9.37. The lowest BCUT2D eigenvalue weighted by Gasteiger charge is -2.18. The van der Waals surface area contributed by atoms with Crippen molar-refractivity contribution in [3.05, 3.63) is 24.9 Å². The number of nitrogens with one attached hydrogen (secondary N) is 1. The van der Waals surface area contributed by atoms with Crippen molar-refractivity contribution in [1.82, 2.24) is 24.7 Å². The number of aromatic nitrogens is 5. The molecule has 23 heavy (non-hydrogen) atoms. The molecule has 1 aliphatic heterocycles. The number of rotatable bonds is 3. The highest BCUT2D eigenvalue weighted by molar-refractivity contribution is 6.00. The number of ether oxygens (including phenoxy) is 1. The Morgan fingerprint density at radius 2 is 2.35 bits per heavy atom. The fourth-order valence-electron chi connectivity index (χ4n) is 3.29. The SMILES string of the molecule is CC1CC(CO)OC1n1cc(-c2cn[nH]c2)c2c(N)ncnc21. The van der Waals surface area contributed by atoms with Crippen LogP contribution in [-0.4, -0.2) is 42.5 Å². The van der Waals surface area contributed by atoms with Gasteiger partial charge in [-0.3, -0.25) is 5.10 Å². The van der Waals surface area contributed by atoms with Gasteiger partial charge in [0.25, 0.3) is 0 Å². The van der Waals surface area contributed by atoms with Gasteiger partial charge in [0.2, 0.25) is 0 Å². The number of nitrogens with two attached hydrogens (primary N) is 1. The Kier molecular flexibility index (Phi) is 3.28. The topological polar surface area (TPSA) is 115 Å². The van der Waals surface area contributed by atoms with Gasteiger partial charge in [0.1, 0.15) is 24.0 Å². The fraction of sp³-hybridized carbons (Fsp3) is 0.400. The van der Waals surface area contributed by atoms with E-state index in [2.05, 4.69) is 27.1 Å². The molecule has 0 aliphatic carbocycles. The molecule has 8 heteroatoms. The molecule has 0 radical (unpaired) electrons. The number of aliphatic hydroxyl groups excluding tert-OH is 1. The first-order valence-corrected chi connectivity index (χ1v) is 7.55. The van der Waals surface area contributed by atoms with E-state index >= 15 is 0 Å². The molecule has 0 saturated carbocycles. The summed E-state index contributed by atoms with van der Waals surface area (Å²) in [6, 6.07) is 0. The zero-order chi connectivity index (χ0) is 16.0. The van der Waals surface area contributed by atoms with E-state index in [0.717, 1.165) is 28.6 Å². The Morgan fingerprint density at radius 3 is 3.04 bits per heavy atom. The quantitative estimate of drug-likeness (QED) is 0.671. The molecule has 1 saturated heterocycles. The van der Waals surface area contributed by atoms with Crippen molar-refractivity contribution in [2.75, 3.05) is 12.3 Å². The van der Waals surface area contributed by atoms with Crippen LogP contribution in [0.1, 0.15) is 19.6 Å². The third-order valence-electron chi connectivity index (χ3n) is 4.38. The van der Waals surface area contributed by atoms with Gasteiger partial charge in [0, 0.05) is 29.4 Å². The summed E-state index contributed by atoms with van der Waals surface area (Å²) < 4.78 is 7.96. The summed E-state index contributed by atoms with van der Waals surface area (Å²) in [5.41, 5.74) is 8.64. The molecule has 4 rings (SSSR count). The summed E-state index contributed by atoms with van der Waals surface area (Å²) >= 11 is 0. The molecule has 0 aromatic carbocycles. The monoisotopic (exact) mass is 314 g/mol. The summed E-state index contributed by atoms with van der Waals surface area (Å²) in [6.07, 6.45) is 7.44. The van der Waals surface area contributed by atoms with E-state index in [9.17, 15) is 5.11 Å². The van der Waals surface area contributed by atoms with Crippen LogP contribution in [0.4, 0.5) is 5.82 Å². The number of nitrogen functional groups attached to an aromatic ring is 1. The lowest BCUT2D eigenvalue weighted by Crippen LogP contribution is -2.15. The molecule has 3 unspecified atom stereocenters. The van der Waals surface area contributed by atoms with Crippen LogP contribution in [0.3, 0.4) is 0 Å². The largest absolute Gasteiger partial charge is 0.394 e. The number of aromatic amines is 1. The Labute approximate surface area is 132 Å². The Hall–Kier alpha value is -2.45. The number of hydrogen-bond acceptors (Lipinski definition) is 6. The van der Waals surface area contributed by atoms with Crippen LogP contribution < -0.4 is 5.73 Å². The van der Waals surface area contributed by atoms with E-state index in [-0.39, 0.29) is 24.9 Å². The number of nitrogens with zero attached hydrogens (tertiary/aromatic N) is 4. The third-order valence-corrected chi connectivity index (χ3v) is 4.38. The van der Waals surface area contributed by atoms with Gasteiger partial charge in [0.15, 0.2) is 0 Å². The van der Waals surface area contributed by atoms with Gasteiger partial charge < -0.3 is 20.1 Å². The summed E-state index contributed by atoms with van der Waals surface area (Å²) in [6.45, 7) is 2.12. The molecule has 3 atom stereocenters. The van der Waals surface area contributed by atoms with E-state index in [1.807, 2.05) is 10.8 Å². The normalized spacial score (nSPS) is 24.5. The second kappa shape index (κ2) is 5.32. The Balaban J connectivity index is 1.90. The van der Waals surface area contributed by atoms with Gasteiger partial charge in [-0.1, -0.05) is 6.92 Å². The van der Waals surface area contributed by atoms with Crippen molar-refractivity contribution in [2.45, 2.75) is 25.7 Å². The van der Waals surface area contributed by atoms with Crippen molar-refractivity contribution in [3.8, 4) is 11.1 Å². The van der Waals surface area contributed by atoms with Crippen LogP contribution >= 0.6 is 0 Å². The minimum atomic E-state index is -0.190. The third kappa shape index (κ3) is 2.18. The van der Waals surface area contributed by atoms with Crippen LogP contribution in [0.2, 0.25) is 0 Å². The standard InChI is InChI=1S/C15H18N6O2/c1-8-2-10(6-22)23-15(8)21-5-11(9-3-19-20-4-9)12-13(16)17-7-18-14(12)21/h3-5,7-8,10,15,22H,2,6H2,1H3,(H,19,20)(H2,16,17,18). The van der Waals surface area contributed by atoms with Crippen molar-refractivity contribution in [2.24, 2.45) is 5.92 Å². The van der Waals surface area contributed by atoms with Gasteiger partial charge in [0.05, 0.1) is 24.3 Å². The molecule has 3 aromatic heterocycles. The van der Waals surface area contributed by atoms with Crippen LogP contribution in [0, 0.1) is 5.92 Å². The van der Waals surface area contributed by atoms with Crippen LogP contribution in [0.15, 0.2) is 24.9 Å². The van der Waals surface area contributed by atoms with E-state index in [4.69, 9.17) is 10.5 Å². The second-order valence-corrected chi connectivity index (χ2v) is 5.94. The highest BCUT2D eigenvalue weighted by Gasteiger charge is 2.34. The predicted octanol–water partition coefficient (Wildman–Crippen LogP) is 1.32. The van der Waals surface area contributed by atoms with E-state index in [1.165, 1.54) is 6.33 Å². The number of hydrogen-bond donors (Lipinski definition) is 3. The predicted molar refractivity (Wildman–Crippen MR) is 84.3 cm³/mol. The number of anilines is 1. The van der Waals surface area contributed by atoms with Crippen LogP contribution in [-0.2, 0) is 4.74 Å². The Morgan fingerprint density at radius 1 is 1.48 bits per heavy atom.